The van der Waals surface area contributed by atoms with Crippen LogP contribution in [0.25, 0.3) is 0 Å². The zero-order valence-corrected chi connectivity index (χ0v) is 16.5. The van der Waals surface area contributed by atoms with Gasteiger partial charge >= 0.3 is 0 Å². The van der Waals surface area contributed by atoms with Gasteiger partial charge in [0.1, 0.15) is 11.9 Å². The number of hydrogen-bond acceptors (Lipinski definition) is 3. The maximum Gasteiger partial charge on any atom is 0.247 e. The van der Waals surface area contributed by atoms with Crippen LogP contribution < -0.4 is 10.6 Å². The maximum absolute atomic E-state index is 12.9. The molecule has 1 unspecified atom stereocenters. The summed E-state index contributed by atoms with van der Waals surface area (Å²) in [5.74, 6) is -0.247. The molecule has 0 radical (unpaired) electrons. The summed E-state index contributed by atoms with van der Waals surface area (Å²) >= 11 is 12.0. The number of nitrogens with one attached hydrogen (secondary N) is 3. The van der Waals surface area contributed by atoms with Crippen LogP contribution in [0.3, 0.4) is 0 Å². The average Bonchev–Trinajstić information content (AvgIpc) is 2.72. The molecule has 0 spiro atoms. The lowest BCUT2D eigenvalue weighted by molar-refractivity contribution is -0.121. The van der Waals surface area contributed by atoms with E-state index in [0.29, 0.717) is 22.2 Å². The Hall–Kier alpha value is -2.66. The fourth-order valence-electron chi connectivity index (χ4n) is 2.75. The number of halogens is 2. The van der Waals surface area contributed by atoms with E-state index in [1.165, 1.54) is 0 Å². The van der Waals surface area contributed by atoms with Gasteiger partial charge in [0, 0.05) is 12.1 Å². The van der Waals surface area contributed by atoms with Crippen molar-refractivity contribution in [3.8, 4) is 0 Å². The van der Waals surface area contributed by atoms with Crippen LogP contribution in [-0.4, -0.2) is 11.7 Å². The minimum absolute atomic E-state index is 0.0582. The zero-order valence-electron chi connectivity index (χ0n) is 15.0. The number of carbonyl (C=O) groups is 1. The van der Waals surface area contributed by atoms with Crippen molar-refractivity contribution in [1.82, 2.24) is 10.6 Å². The Bertz CT molecular complexity index is 962. The van der Waals surface area contributed by atoms with Gasteiger partial charge in [0.2, 0.25) is 5.91 Å². The number of hydrogen-bond donors (Lipinski definition) is 3. The van der Waals surface area contributed by atoms with Crippen LogP contribution >= 0.6 is 23.2 Å². The highest BCUT2D eigenvalue weighted by molar-refractivity contribution is 6.42. The van der Waals surface area contributed by atoms with E-state index in [1.54, 1.807) is 24.3 Å². The molecule has 1 amide bonds. The maximum atomic E-state index is 12.9. The van der Waals surface area contributed by atoms with Gasteiger partial charge in [0.15, 0.2) is 0 Å². The smallest absolute Gasteiger partial charge is 0.247 e. The first-order valence-corrected chi connectivity index (χ1v) is 9.47. The average molecular weight is 412 g/mol. The van der Waals surface area contributed by atoms with Crippen molar-refractivity contribution in [2.45, 2.75) is 12.6 Å². The molecule has 3 aromatic rings. The Morgan fingerprint density at radius 2 is 1.54 bits per heavy atom. The highest BCUT2D eigenvalue weighted by Gasteiger charge is 2.21. The molecule has 0 heterocycles. The molecular weight excluding hydrogens is 393 g/mol. The van der Waals surface area contributed by atoms with Crippen molar-refractivity contribution in [3.63, 3.8) is 0 Å². The lowest BCUT2D eigenvalue weighted by Crippen LogP contribution is -2.40. The monoisotopic (exact) mass is 411 g/mol. The first kappa shape index (κ1) is 20.1. The summed E-state index contributed by atoms with van der Waals surface area (Å²) in [7, 11) is 0. The molecule has 142 valence electrons. The molecular formula is C22H19Cl2N3O. The summed E-state index contributed by atoms with van der Waals surface area (Å²) in [5.41, 5.74) is 2.36. The van der Waals surface area contributed by atoms with Crippen molar-refractivity contribution in [2.24, 2.45) is 0 Å². The summed E-state index contributed by atoms with van der Waals surface area (Å²) in [4.78, 5) is 12.9. The minimum Gasteiger partial charge on any atom is -0.309 e. The fraction of sp³-hybridized carbons (Fsp3) is 0.0909. The van der Waals surface area contributed by atoms with Gasteiger partial charge in [-0.3, -0.25) is 15.5 Å². The number of amidine groups is 1. The Morgan fingerprint density at radius 3 is 2.18 bits per heavy atom. The van der Waals surface area contributed by atoms with Crippen LogP contribution in [0.15, 0.2) is 78.9 Å². The molecule has 6 heteroatoms. The van der Waals surface area contributed by atoms with Gasteiger partial charge in [-0.15, -0.1) is 0 Å². The normalized spacial score (nSPS) is 11.6. The van der Waals surface area contributed by atoms with E-state index in [-0.39, 0.29) is 11.7 Å². The van der Waals surface area contributed by atoms with Gasteiger partial charge in [0.25, 0.3) is 0 Å². The van der Waals surface area contributed by atoms with E-state index in [4.69, 9.17) is 28.6 Å². The Kier molecular flexibility index (Phi) is 6.82. The van der Waals surface area contributed by atoms with E-state index in [9.17, 15) is 4.79 Å². The molecule has 4 nitrogen and oxygen atoms in total. The largest absolute Gasteiger partial charge is 0.309 e. The van der Waals surface area contributed by atoms with Gasteiger partial charge in [0.05, 0.1) is 10.0 Å². The van der Waals surface area contributed by atoms with Gasteiger partial charge in [-0.1, -0.05) is 89.9 Å². The molecule has 0 aliphatic carbocycles. The van der Waals surface area contributed by atoms with Gasteiger partial charge < -0.3 is 5.32 Å². The van der Waals surface area contributed by atoms with E-state index >= 15 is 0 Å². The predicted molar refractivity (Wildman–Crippen MR) is 114 cm³/mol. The van der Waals surface area contributed by atoms with Crippen molar-refractivity contribution in [2.75, 3.05) is 0 Å². The predicted octanol–water partition coefficient (Wildman–Crippen LogP) is 4.97. The standard InChI is InChI=1S/C22H19Cl2N3O/c23-18-12-11-15(13-19(18)24)14-26-20(16-7-3-1-4-8-16)22(28)27-21(25)17-9-5-2-6-10-17/h1-13,20,26H,14H2,(H2,25,27,28). The quantitative estimate of drug-likeness (QED) is 0.396. The highest BCUT2D eigenvalue weighted by atomic mass is 35.5. The van der Waals surface area contributed by atoms with E-state index in [2.05, 4.69) is 10.6 Å². The second-order valence-corrected chi connectivity index (χ2v) is 7.02. The van der Waals surface area contributed by atoms with Crippen LogP contribution in [0.5, 0.6) is 0 Å². The first-order chi connectivity index (χ1) is 13.5. The molecule has 3 aromatic carbocycles. The molecule has 0 bridgehead atoms. The molecule has 3 rings (SSSR count). The van der Waals surface area contributed by atoms with Gasteiger partial charge in [-0.25, -0.2) is 0 Å². The van der Waals surface area contributed by atoms with Crippen molar-refractivity contribution >= 4 is 34.9 Å². The summed E-state index contributed by atoms with van der Waals surface area (Å²) in [5, 5.41) is 15.1. The molecule has 1 atom stereocenters. The highest BCUT2D eigenvalue weighted by Crippen LogP contribution is 2.23. The molecule has 0 aromatic heterocycles. The Balaban J connectivity index is 1.76. The van der Waals surface area contributed by atoms with Crippen LogP contribution in [0.1, 0.15) is 22.7 Å². The zero-order chi connectivity index (χ0) is 19.9. The van der Waals surface area contributed by atoms with Crippen molar-refractivity contribution < 1.29 is 4.79 Å². The van der Waals surface area contributed by atoms with E-state index in [0.717, 1.165) is 11.1 Å². The second-order valence-electron chi connectivity index (χ2n) is 6.20. The van der Waals surface area contributed by atoms with Crippen molar-refractivity contribution in [1.29, 1.82) is 5.41 Å². The van der Waals surface area contributed by atoms with E-state index in [1.807, 2.05) is 54.6 Å². The molecule has 0 saturated carbocycles. The fourth-order valence-corrected chi connectivity index (χ4v) is 3.07. The molecule has 0 aliphatic rings. The molecule has 28 heavy (non-hydrogen) atoms. The van der Waals surface area contributed by atoms with Crippen LogP contribution in [0, 0.1) is 5.41 Å². The molecule has 0 aliphatic heterocycles. The number of rotatable bonds is 6. The second kappa shape index (κ2) is 9.51. The third kappa shape index (κ3) is 5.20. The summed E-state index contributed by atoms with van der Waals surface area (Å²) < 4.78 is 0. The van der Waals surface area contributed by atoms with Crippen molar-refractivity contribution in [3.05, 3.63) is 106 Å². The Morgan fingerprint density at radius 1 is 0.893 bits per heavy atom. The van der Waals surface area contributed by atoms with E-state index < -0.39 is 6.04 Å². The summed E-state index contributed by atoms with van der Waals surface area (Å²) in [6.07, 6.45) is 0. The summed E-state index contributed by atoms with van der Waals surface area (Å²) in [6, 6.07) is 23.2. The molecule has 0 fully saturated rings. The lowest BCUT2D eigenvalue weighted by Gasteiger charge is -2.19. The minimum atomic E-state index is -0.625. The van der Waals surface area contributed by atoms with Crippen LogP contribution in [-0.2, 0) is 11.3 Å². The topological polar surface area (TPSA) is 65.0 Å². The van der Waals surface area contributed by atoms with Gasteiger partial charge in [-0.2, -0.15) is 0 Å². The third-order valence-corrected chi connectivity index (χ3v) is 4.94. The van der Waals surface area contributed by atoms with Gasteiger partial charge in [-0.05, 0) is 23.3 Å². The molecule has 3 N–H and O–H groups in total. The van der Waals surface area contributed by atoms with Crippen LogP contribution in [0.4, 0.5) is 0 Å². The number of benzene rings is 3. The van der Waals surface area contributed by atoms with Crippen LogP contribution in [0.2, 0.25) is 10.0 Å². The Labute approximate surface area is 174 Å². The number of carbonyl (C=O) groups excluding carboxylic acids is 1. The first-order valence-electron chi connectivity index (χ1n) is 8.71. The summed E-state index contributed by atoms with van der Waals surface area (Å²) in [6.45, 7) is 0.419. The lowest BCUT2D eigenvalue weighted by atomic mass is 10.1. The SMILES string of the molecule is N=C(NC(=O)C(NCc1ccc(Cl)c(Cl)c1)c1ccccc1)c1ccccc1. The number of amides is 1. The molecule has 0 saturated heterocycles. The third-order valence-electron chi connectivity index (χ3n) is 4.20.